The Kier molecular flexibility index (Phi) is 12.3. The summed E-state index contributed by atoms with van der Waals surface area (Å²) in [6, 6.07) is 0. The molecule has 1 N–H and O–H groups in total. The third-order valence-electron chi connectivity index (χ3n) is 3.83. The Morgan fingerprint density at radius 1 is 0.800 bits per heavy atom. The van der Waals surface area contributed by atoms with Crippen LogP contribution in [0.3, 0.4) is 0 Å². The molecule has 3 nitrogen and oxygen atoms in total. The number of allylic oxidation sites excluding steroid dienone is 8. The molecular weight excluding hydrogens is 312 g/mol. The van der Waals surface area contributed by atoms with Crippen molar-refractivity contribution in [3.8, 4) is 0 Å². The van der Waals surface area contributed by atoms with Crippen molar-refractivity contribution in [1.82, 2.24) is 0 Å². The van der Waals surface area contributed by atoms with Crippen LogP contribution in [0.15, 0.2) is 60.8 Å². The lowest BCUT2D eigenvalue weighted by Crippen LogP contribution is -1.91. The fraction of sp³-hybridized carbons (Fsp3) is 0.500. The Labute approximate surface area is 152 Å². The highest BCUT2D eigenvalue weighted by molar-refractivity contribution is 5.66. The van der Waals surface area contributed by atoms with Gasteiger partial charge in [-0.25, -0.2) is 0 Å². The van der Waals surface area contributed by atoms with E-state index in [1.54, 1.807) is 0 Å². The number of hydrogen-bond donors (Lipinski definition) is 1. The monoisotopic (exact) mass is 344 g/mol. The summed E-state index contributed by atoms with van der Waals surface area (Å²) in [6.07, 6.45) is 28.9. The van der Waals surface area contributed by atoms with Crippen LogP contribution >= 0.6 is 0 Å². The van der Waals surface area contributed by atoms with Gasteiger partial charge in [0, 0.05) is 6.42 Å². The summed E-state index contributed by atoms with van der Waals surface area (Å²) in [5, 5.41) is 8.51. The zero-order chi connectivity index (χ0) is 18.2. The maximum atomic E-state index is 10.3. The number of aliphatic carboxylic acids is 1. The molecule has 1 saturated heterocycles. The lowest BCUT2D eigenvalue weighted by atomic mass is 10.1. The first kappa shape index (κ1) is 21.2. The number of ether oxygens (including phenoxy) is 1. The zero-order valence-corrected chi connectivity index (χ0v) is 15.3. The van der Waals surface area contributed by atoms with E-state index in [9.17, 15) is 4.79 Å². The second-order valence-electron chi connectivity index (χ2n) is 6.09. The van der Waals surface area contributed by atoms with Gasteiger partial charge in [0.25, 0.3) is 0 Å². The van der Waals surface area contributed by atoms with E-state index in [4.69, 9.17) is 9.84 Å². The molecule has 1 fully saturated rings. The summed E-state index contributed by atoms with van der Waals surface area (Å²) >= 11 is 0. The first-order chi connectivity index (χ1) is 12.2. The van der Waals surface area contributed by atoms with E-state index in [-0.39, 0.29) is 6.42 Å². The lowest BCUT2D eigenvalue weighted by Gasteiger charge is -1.88. The predicted octanol–water partition coefficient (Wildman–Crippen LogP) is 5.76. The smallest absolute Gasteiger partial charge is 0.303 e. The Morgan fingerprint density at radius 3 is 1.80 bits per heavy atom. The van der Waals surface area contributed by atoms with Crippen molar-refractivity contribution in [1.29, 1.82) is 0 Å². The molecule has 1 heterocycles. The van der Waals surface area contributed by atoms with Crippen LogP contribution in [0.1, 0.15) is 58.3 Å². The predicted molar refractivity (Wildman–Crippen MR) is 105 cm³/mol. The largest absolute Gasteiger partial charge is 0.481 e. The molecule has 0 aromatic carbocycles. The molecule has 1 aliphatic rings. The third kappa shape index (κ3) is 13.1. The molecule has 0 radical (unpaired) electrons. The first-order valence-corrected chi connectivity index (χ1v) is 9.36. The summed E-state index contributed by atoms with van der Waals surface area (Å²) in [7, 11) is 0. The van der Waals surface area contributed by atoms with Gasteiger partial charge >= 0.3 is 5.97 Å². The van der Waals surface area contributed by atoms with Crippen molar-refractivity contribution in [3.63, 3.8) is 0 Å². The quantitative estimate of drug-likeness (QED) is 0.322. The SMILES string of the molecule is CC/C=C\C/C=C\C[C@@H]1O[C@H]1C/C=C\C/C=C\C/C=C\CCC(=O)O. The normalized spacial score (nSPS) is 20.8. The summed E-state index contributed by atoms with van der Waals surface area (Å²) in [5.41, 5.74) is 0. The molecule has 1 aliphatic heterocycles. The molecule has 0 unspecified atom stereocenters. The van der Waals surface area contributed by atoms with E-state index < -0.39 is 5.97 Å². The number of hydrogen-bond acceptors (Lipinski definition) is 2. The topological polar surface area (TPSA) is 49.8 Å². The Balaban J connectivity index is 1.96. The minimum atomic E-state index is -0.743. The van der Waals surface area contributed by atoms with Crippen LogP contribution in [0.5, 0.6) is 0 Å². The van der Waals surface area contributed by atoms with E-state index in [1.165, 1.54) is 0 Å². The molecule has 0 aromatic heterocycles. The Bertz CT molecular complexity index is 497. The van der Waals surface area contributed by atoms with Gasteiger partial charge in [-0.2, -0.15) is 0 Å². The van der Waals surface area contributed by atoms with Crippen molar-refractivity contribution >= 4 is 5.97 Å². The number of carboxylic acids is 1. The van der Waals surface area contributed by atoms with Crippen molar-refractivity contribution < 1.29 is 14.6 Å². The van der Waals surface area contributed by atoms with Crippen LogP contribution in [0, 0.1) is 0 Å². The number of carbonyl (C=O) groups is 1. The van der Waals surface area contributed by atoms with Crippen molar-refractivity contribution in [2.45, 2.75) is 70.5 Å². The zero-order valence-electron chi connectivity index (χ0n) is 15.3. The molecule has 1 rings (SSSR count). The molecule has 0 aliphatic carbocycles. The highest BCUT2D eigenvalue weighted by Crippen LogP contribution is 2.29. The van der Waals surface area contributed by atoms with Gasteiger partial charge in [-0.3, -0.25) is 4.79 Å². The second-order valence-corrected chi connectivity index (χ2v) is 6.09. The van der Waals surface area contributed by atoms with Gasteiger partial charge in [0.2, 0.25) is 0 Å². The molecule has 0 amide bonds. The average molecular weight is 344 g/mol. The van der Waals surface area contributed by atoms with E-state index in [1.807, 2.05) is 12.2 Å². The van der Waals surface area contributed by atoms with E-state index in [0.29, 0.717) is 18.6 Å². The highest BCUT2D eigenvalue weighted by atomic mass is 16.6. The molecule has 0 bridgehead atoms. The molecule has 0 saturated carbocycles. The molecule has 0 aromatic rings. The molecule has 3 heteroatoms. The summed E-state index contributed by atoms with van der Waals surface area (Å²) < 4.78 is 5.65. The van der Waals surface area contributed by atoms with Crippen LogP contribution in [0.2, 0.25) is 0 Å². The molecule has 0 spiro atoms. The molecule has 2 atom stereocenters. The van der Waals surface area contributed by atoms with Gasteiger partial charge < -0.3 is 9.84 Å². The van der Waals surface area contributed by atoms with Gasteiger partial charge in [0.1, 0.15) is 0 Å². The van der Waals surface area contributed by atoms with Gasteiger partial charge in [0.15, 0.2) is 0 Å². The van der Waals surface area contributed by atoms with Crippen LogP contribution in [0.25, 0.3) is 0 Å². The fourth-order valence-electron chi connectivity index (χ4n) is 2.36. The van der Waals surface area contributed by atoms with Gasteiger partial charge in [-0.05, 0) is 44.9 Å². The fourth-order valence-corrected chi connectivity index (χ4v) is 2.36. The van der Waals surface area contributed by atoms with Crippen molar-refractivity contribution in [3.05, 3.63) is 60.8 Å². The van der Waals surface area contributed by atoms with Gasteiger partial charge in [-0.1, -0.05) is 67.7 Å². The third-order valence-corrected chi connectivity index (χ3v) is 3.83. The van der Waals surface area contributed by atoms with Crippen molar-refractivity contribution in [2.24, 2.45) is 0 Å². The number of carboxylic acid groups (broad SMARTS) is 1. The first-order valence-electron chi connectivity index (χ1n) is 9.36. The average Bonchev–Trinajstić information content (AvgIpc) is 3.34. The summed E-state index contributed by atoms with van der Waals surface area (Å²) in [5.74, 6) is -0.743. The van der Waals surface area contributed by atoms with Crippen LogP contribution in [0.4, 0.5) is 0 Å². The van der Waals surface area contributed by atoms with E-state index >= 15 is 0 Å². The number of epoxide rings is 1. The second kappa shape index (κ2) is 14.5. The molecular formula is C22H32O3. The van der Waals surface area contributed by atoms with Crippen LogP contribution in [-0.2, 0) is 9.53 Å². The van der Waals surface area contributed by atoms with Gasteiger partial charge in [0.05, 0.1) is 12.2 Å². The summed E-state index contributed by atoms with van der Waals surface area (Å²) in [6.45, 7) is 2.15. The highest BCUT2D eigenvalue weighted by Gasteiger charge is 2.35. The van der Waals surface area contributed by atoms with Crippen LogP contribution < -0.4 is 0 Å². The molecule has 25 heavy (non-hydrogen) atoms. The minimum Gasteiger partial charge on any atom is -0.481 e. The van der Waals surface area contributed by atoms with Gasteiger partial charge in [-0.15, -0.1) is 0 Å². The molecule has 138 valence electrons. The van der Waals surface area contributed by atoms with Crippen LogP contribution in [-0.4, -0.2) is 23.3 Å². The minimum absolute atomic E-state index is 0.207. The number of rotatable bonds is 14. The summed E-state index contributed by atoms with van der Waals surface area (Å²) in [4.78, 5) is 10.3. The lowest BCUT2D eigenvalue weighted by molar-refractivity contribution is -0.136. The van der Waals surface area contributed by atoms with Crippen molar-refractivity contribution in [2.75, 3.05) is 0 Å². The van der Waals surface area contributed by atoms with E-state index in [2.05, 4.69) is 55.5 Å². The maximum Gasteiger partial charge on any atom is 0.303 e. The Hall–Kier alpha value is -1.87. The standard InChI is InChI=1S/C22H32O3/c1-2-3-4-5-11-14-17-20-21(25-20)18-15-12-9-7-6-8-10-13-16-19-22(23)24/h3-4,6-7,10-15,20-21H,2,5,8-9,16-19H2,1H3,(H,23,24)/b4-3-,7-6-,13-10-,14-11-,15-12-/t20-,21-/m0/s1. The Morgan fingerprint density at radius 2 is 1.28 bits per heavy atom. The maximum absolute atomic E-state index is 10.3. The van der Waals surface area contributed by atoms with E-state index in [0.717, 1.165) is 38.5 Å².